The van der Waals surface area contributed by atoms with Crippen molar-refractivity contribution >= 4 is 44.6 Å². The molecular formula is C10H9BrN2O2S2. The highest BCUT2D eigenvalue weighted by Crippen LogP contribution is 2.33. The molecule has 2 heterocycles. The third-order valence-corrected chi connectivity index (χ3v) is 4.77. The van der Waals surface area contributed by atoms with Crippen molar-refractivity contribution in [2.24, 2.45) is 5.73 Å². The number of aromatic nitrogens is 1. The zero-order valence-electron chi connectivity index (χ0n) is 8.59. The minimum Gasteiger partial charge on any atom is -0.480 e. The Bertz CT molecular complexity index is 538. The highest BCUT2D eigenvalue weighted by atomic mass is 79.9. The summed E-state index contributed by atoms with van der Waals surface area (Å²) in [5.41, 5.74) is 6.19. The van der Waals surface area contributed by atoms with Crippen molar-refractivity contribution < 1.29 is 9.90 Å². The molecule has 1 unspecified atom stereocenters. The number of carbonyl (C=O) groups is 1. The van der Waals surface area contributed by atoms with Crippen molar-refractivity contribution in [2.75, 3.05) is 0 Å². The molecule has 4 nitrogen and oxygen atoms in total. The maximum atomic E-state index is 10.6. The Morgan fingerprint density at radius 3 is 2.94 bits per heavy atom. The molecule has 1 atom stereocenters. The molecule has 0 aliphatic heterocycles. The molecule has 2 aromatic rings. The summed E-state index contributed by atoms with van der Waals surface area (Å²) in [6, 6.07) is 3.05. The minimum absolute atomic E-state index is 0.262. The lowest BCUT2D eigenvalue weighted by Gasteiger charge is -2.01. The molecule has 0 radical (unpaired) electrons. The van der Waals surface area contributed by atoms with E-state index in [0.29, 0.717) is 0 Å². The fraction of sp³-hybridized carbons (Fsp3) is 0.200. The molecule has 0 saturated carbocycles. The number of hydrogen-bond acceptors (Lipinski definition) is 5. The SMILES string of the molecule is NC(Cc1csc(-c2ccc(Br)s2)n1)C(=O)O. The molecule has 90 valence electrons. The number of halogens is 1. The zero-order valence-corrected chi connectivity index (χ0v) is 11.8. The van der Waals surface area contributed by atoms with Crippen LogP contribution in [0.3, 0.4) is 0 Å². The number of nitrogens with zero attached hydrogens (tertiary/aromatic N) is 1. The maximum absolute atomic E-state index is 10.6. The number of nitrogens with two attached hydrogens (primary N) is 1. The first-order valence-electron chi connectivity index (χ1n) is 4.75. The van der Waals surface area contributed by atoms with Crippen molar-refractivity contribution in [1.29, 1.82) is 0 Å². The van der Waals surface area contributed by atoms with Gasteiger partial charge in [0.25, 0.3) is 0 Å². The topological polar surface area (TPSA) is 76.2 Å². The number of carboxylic acids is 1. The predicted molar refractivity (Wildman–Crippen MR) is 72.4 cm³/mol. The van der Waals surface area contributed by atoms with E-state index in [0.717, 1.165) is 19.4 Å². The van der Waals surface area contributed by atoms with Gasteiger partial charge in [-0.3, -0.25) is 4.79 Å². The first kappa shape index (κ1) is 12.7. The summed E-state index contributed by atoms with van der Waals surface area (Å²) < 4.78 is 1.05. The van der Waals surface area contributed by atoms with Gasteiger partial charge >= 0.3 is 5.97 Å². The largest absolute Gasteiger partial charge is 0.480 e. The molecule has 2 rings (SSSR count). The summed E-state index contributed by atoms with van der Waals surface area (Å²) in [5, 5.41) is 11.5. The van der Waals surface area contributed by atoms with Gasteiger partial charge in [0.05, 0.1) is 14.4 Å². The molecule has 2 aromatic heterocycles. The lowest BCUT2D eigenvalue weighted by molar-refractivity contribution is -0.138. The van der Waals surface area contributed by atoms with Crippen LogP contribution < -0.4 is 5.73 Å². The van der Waals surface area contributed by atoms with Crippen LogP contribution in [0.1, 0.15) is 5.69 Å². The highest BCUT2D eigenvalue weighted by Gasteiger charge is 2.15. The first-order chi connectivity index (χ1) is 8.06. The van der Waals surface area contributed by atoms with Gasteiger partial charge in [-0.25, -0.2) is 4.98 Å². The number of thiazole rings is 1. The van der Waals surface area contributed by atoms with Crippen LogP contribution in [-0.2, 0) is 11.2 Å². The molecule has 0 spiro atoms. The molecular weight excluding hydrogens is 324 g/mol. The van der Waals surface area contributed by atoms with E-state index in [9.17, 15) is 4.79 Å². The summed E-state index contributed by atoms with van der Waals surface area (Å²) in [7, 11) is 0. The number of hydrogen-bond donors (Lipinski definition) is 2. The summed E-state index contributed by atoms with van der Waals surface area (Å²) in [4.78, 5) is 16.1. The lowest BCUT2D eigenvalue weighted by Crippen LogP contribution is -2.32. The number of aliphatic carboxylic acids is 1. The van der Waals surface area contributed by atoms with E-state index in [4.69, 9.17) is 10.8 Å². The molecule has 17 heavy (non-hydrogen) atoms. The Hall–Kier alpha value is -0.760. The van der Waals surface area contributed by atoms with Crippen molar-refractivity contribution in [3.05, 3.63) is 27.0 Å². The van der Waals surface area contributed by atoms with Gasteiger partial charge in [0.1, 0.15) is 11.0 Å². The summed E-state index contributed by atoms with van der Waals surface area (Å²) >= 11 is 6.49. The number of carboxylic acid groups (broad SMARTS) is 1. The van der Waals surface area contributed by atoms with Crippen molar-refractivity contribution in [3.63, 3.8) is 0 Å². The van der Waals surface area contributed by atoms with Gasteiger partial charge in [-0.05, 0) is 28.1 Å². The van der Waals surface area contributed by atoms with Crippen molar-refractivity contribution in [1.82, 2.24) is 4.98 Å². The standard InChI is InChI=1S/C10H9BrN2O2S2/c11-8-2-1-7(17-8)9-13-5(4-16-9)3-6(12)10(14)15/h1-2,4,6H,3,12H2,(H,14,15). The van der Waals surface area contributed by atoms with Gasteiger partial charge in [-0.2, -0.15) is 0 Å². The Balaban J connectivity index is 2.13. The van der Waals surface area contributed by atoms with Crippen LogP contribution in [0.2, 0.25) is 0 Å². The van der Waals surface area contributed by atoms with Gasteiger partial charge in [0, 0.05) is 11.8 Å². The first-order valence-corrected chi connectivity index (χ1v) is 7.23. The summed E-state index contributed by atoms with van der Waals surface area (Å²) in [5.74, 6) is -1.00. The normalized spacial score (nSPS) is 12.6. The lowest BCUT2D eigenvalue weighted by atomic mass is 10.2. The third-order valence-electron chi connectivity index (χ3n) is 2.08. The van der Waals surface area contributed by atoms with Gasteiger partial charge < -0.3 is 10.8 Å². The number of rotatable bonds is 4. The van der Waals surface area contributed by atoms with Crippen LogP contribution >= 0.6 is 38.6 Å². The Morgan fingerprint density at radius 1 is 1.59 bits per heavy atom. The predicted octanol–water partition coefficient (Wildman–Crippen LogP) is 2.59. The Morgan fingerprint density at radius 2 is 2.35 bits per heavy atom. The van der Waals surface area contributed by atoms with Crippen LogP contribution in [0, 0.1) is 0 Å². The quantitative estimate of drug-likeness (QED) is 0.902. The second kappa shape index (κ2) is 5.26. The van der Waals surface area contributed by atoms with Crippen LogP contribution in [0.5, 0.6) is 0 Å². The molecule has 3 N–H and O–H groups in total. The molecule has 0 aliphatic rings. The maximum Gasteiger partial charge on any atom is 0.320 e. The molecule has 7 heteroatoms. The third kappa shape index (κ3) is 3.12. The van der Waals surface area contributed by atoms with Crippen LogP contribution in [-0.4, -0.2) is 22.1 Å². The molecule has 0 aliphatic carbocycles. The molecule has 0 aromatic carbocycles. The molecule has 0 bridgehead atoms. The zero-order chi connectivity index (χ0) is 12.4. The van der Waals surface area contributed by atoms with Crippen molar-refractivity contribution in [3.8, 4) is 9.88 Å². The molecule has 0 saturated heterocycles. The van der Waals surface area contributed by atoms with E-state index in [2.05, 4.69) is 20.9 Å². The van der Waals surface area contributed by atoms with Crippen molar-refractivity contribution in [2.45, 2.75) is 12.5 Å². The van der Waals surface area contributed by atoms with E-state index >= 15 is 0 Å². The summed E-state index contributed by atoms with van der Waals surface area (Å²) in [6.07, 6.45) is 0.262. The second-order valence-corrected chi connectivity index (χ2v) is 6.72. The number of thiophene rings is 1. The van der Waals surface area contributed by atoms with E-state index in [-0.39, 0.29) is 6.42 Å². The second-order valence-electron chi connectivity index (χ2n) is 3.40. The fourth-order valence-corrected chi connectivity index (χ4v) is 3.55. The van der Waals surface area contributed by atoms with E-state index in [1.165, 1.54) is 11.3 Å². The Labute approximate surface area is 114 Å². The molecule has 0 amide bonds. The van der Waals surface area contributed by atoms with Gasteiger partial charge in [-0.15, -0.1) is 22.7 Å². The molecule has 0 fully saturated rings. The van der Waals surface area contributed by atoms with Gasteiger partial charge in [0.15, 0.2) is 0 Å². The van der Waals surface area contributed by atoms with Crippen LogP contribution in [0.25, 0.3) is 9.88 Å². The van der Waals surface area contributed by atoms with E-state index < -0.39 is 12.0 Å². The average molecular weight is 333 g/mol. The Kier molecular flexibility index (Phi) is 3.93. The van der Waals surface area contributed by atoms with Crippen LogP contribution in [0.4, 0.5) is 0 Å². The minimum atomic E-state index is -1.00. The van der Waals surface area contributed by atoms with Gasteiger partial charge in [-0.1, -0.05) is 0 Å². The van der Waals surface area contributed by atoms with Crippen LogP contribution in [0.15, 0.2) is 21.3 Å². The van der Waals surface area contributed by atoms with E-state index in [1.54, 1.807) is 11.3 Å². The summed E-state index contributed by atoms with van der Waals surface area (Å²) in [6.45, 7) is 0. The van der Waals surface area contributed by atoms with E-state index in [1.807, 2.05) is 17.5 Å². The smallest absolute Gasteiger partial charge is 0.320 e. The van der Waals surface area contributed by atoms with Gasteiger partial charge in [0.2, 0.25) is 0 Å². The average Bonchev–Trinajstić information content (AvgIpc) is 2.86. The highest BCUT2D eigenvalue weighted by molar-refractivity contribution is 9.11. The monoisotopic (exact) mass is 332 g/mol. The fourth-order valence-electron chi connectivity index (χ4n) is 1.26.